The molecule has 1 saturated carbocycles. The fourth-order valence-electron chi connectivity index (χ4n) is 4.33. The van der Waals surface area contributed by atoms with Crippen LogP contribution in [-0.4, -0.2) is 39.8 Å². The highest BCUT2D eigenvalue weighted by molar-refractivity contribution is 6.09. The zero-order chi connectivity index (χ0) is 19.9. The van der Waals surface area contributed by atoms with Gasteiger partial charge in [-0.3, -0.25) is 9.78 Å². The van der Waals surface area contributed by atoms with Crippen molar-refractivity contribution in [1.29, 1.82) is 0 Å². The molecular weight excluding hydrogens is 358 g/mol. The molecule has 0 saturated heterocycles. The number of Topliss-reactive ketones (excluding diaryl/α,β-unsaturated/α-hetero) is 1. The predicted molar refractivity (Wildman–Crippen MR) is 105 cm³/mol. The molecule has 0 bridgehead atoms. The summed E-state index contributed by atoms with van der Waals surface area (Å²) in [4.78, 5) is 38.5. The first-order chi connectivity index (χ1) is 13.5. The number of fused-ring (bicyclic) bond motifs is 1. The standard InChI is InChI=1S/C20H21N5O3/c1-12-15-7-8-18(27)25(19(15)24-20(21)23-12,13-3-5-14(26)6-4-13)16-11-22-10-9-17(16)28-2/h7-11,13H,3-6H2,1-2H3,(H-,21,23,24,27)/p+1. The molecule has 1 fully saturated rings. The van der Waals surface area contributed by atoms with E-state index < -0.39 is 0 Å². The Balaban J connectivity index is 2.06. The number of quaternary nitrogens is 1. The Morgan fingerprint density at radius 1 is 1.18 bits per heavy atom. The Morgan fingerprint density at radius 3 is 2.64 bits per heavy atom. The summed E-state index contributed by atoms with van der Waals surface area (Å²) in [7, 11) is 1.56. The van der Waals surface area contributed by atoms with E-state index in [1.807, 2.05) is 6.92 Å². The molecule has 3 heterocycles. The van der Waals surface area contributed by atoms with Gasteiger partial charge in [0.15, 0.2) is 5.75 Å². The van der Waals surface area contributed by atoms with Crippen LogP contribution in [0.15, 0.2) is 24.5 Å². The van der Waals surface area contributed by atoms with Gasteiger partial charge in [-0.25, -0.2) is 9.78 Å². The molecular formula is C20H22N5O3+. The van der Waals surface area contributed by atoms with Crippen molar-refractivity contribution >= 4 is 35.2 Å². The summed E-state index contributed by atoms with van der Waals surface area (Å²) in [5.41, 5.74) is 8.03. The summed E-state index contributed by atoms with van der Waals surface area (Å²) in [5.74, 6) is 1.22. The van der Waals surface area contributed by atoms with Gasteiger partial charge in [-0.1, -0.05) is 0 Å². The molecule has 4 rings (SSSR count). The number of amides is 1. The summed E-state index contributed by atoms with van der Waals surface area (Å²) < 4.78 is 5.40. The average molecular weight is 380 g/mol. The Morgan fingerprint density at radius 2 is 1.93 bits per heavy atom. The van der Waals surface area contributed by atoms with Crippen LogP contribution in [0.1, 0.15) is 36.9 Å². The summed E-state index contributed by atoms with van der Waals surface area (Å²) in [6, 6.07) is 1.55. The van der Waals surface area contributed by atoms with Gasteiger partial charge >= 0.3 is 5.91 Å². The molecule has 1 aliphatic carbocycles. The van der Waals surface area contributed by atoms with Crippen LogP contribution in [0.4, 0.5) is 17.5 Å². The number of pyridine rings is 1. The molecule has 0 aromatic carbocycles. The van der Waals surface area contributed by atoms with Crippen LogP contribution in [0, 0.1) is 6.92 Å². The molecule has 144 valence electrons. The van der Waals surface area contributed by atoms with Gasteiger partial charge in [0.1, 0.15) is 11.8 Å². The number of methoxy groups -OCH3 is 1. The number of carbonyl (C=O) groups excluding carboxylic acids is 2. The first-order valence-electron chi connectivity index (χ1n) is 9.24. The highest BCUT2D eigenvalue weighted by Gasteiger charge is 2.54. The maximum atomic E-state index is 13.6. The Bertz CT molecular complexity index is 993. The first kappa shape index (κ1) is 18.2. The zero-order valence-electron chi connectivity index (χ0n) is 15.9. The average Bonchev–Trinajstić information content (AvgIpc) is 2.69. The Labute approximate surface area is 162 Å². The number of nitrogen functional groups attached to an aromatic ring is 1. The first-order valence-corrected chi connectivity index (χ1v) is 9.24. The van der Waals surface area contributed by atoms with E-state index in [1.165, 1.54) is 0 Å². The number of aryl methyl sites for hydroxylation is 1. The van der Waals surface area contributed by atoms with Crippen LogP contribution in [0.2, 0.25) is 0 Å². The lowest BCUT2D eigenvalue weighted by atomic mass is 9.88. The van der Waals surface area contributed by atoms with Gasteiger partial charge < -0.3 is 10.5 Å². The van der Waals surface area contributed by atoms with E-state index >= 15 is 0 Å². The number of ketones is 1. The molecule has 8 nitrogen and oxygen atoms in total. The van der Waals surface area contributed by atoms with Crippen molar-refractivity contribution in [1.82, 2.24) is 19.4 Å². The number of ether oxygens (including phenoxy) is 1. The Hall–Kier alpha value is -3.13. The summed E-state index contributed by atoms with van der Waals surface area (Å²) in [6.45, 7) is 1.84. The van der Waals surface area contributed by atoms with Gasteiger partial charge in [-0.05, 0) is 13.0 Å². The smallest absolute Gasteiger partial charge is 0.350 e. The number of hydrogen-bond acceptors (Lipinski definition) is 7. The number of nitrogens with two attached hydrogens (primary N) is 1. The predicted octanol–water partition coefficient (Wildman–Crippen LogP) is 2.47. The molecule has 1 aliphatic heterocycles. The molecule has 2 aromatic heterocycles. The van der Waals surface area contributed by atoms with Crippen LogP contribution in [-0.2, 0) is 9.59 Å². The molecule has 1 amide bonds. The summed E-state index contributed by atoms with van der Waals surface area (Å²) in [5, 5.41) is 0. The summed E-state index contributed by atoms with van der Waals surface area (Å²) in [6.07, 6.45) is 8.55. The number of carbonyl (C=O) groups is 2. The van der Waals surface area contributed by atoms with Gasteiger partial charge in [-0.15, -0.1) is 0 Å². The monoisotopic (exact) mass is 380 g/mol. The molecule has 2 aromatic rings. The quantitative estimate of drug-likeness (QED) is 0.815. The number of aromatic nitrogens is 3. The lowest BCUT2D eigenvalue weighted by Crippen LogP contribution is -2.59. The van der Waals surface area contributed by atoms with Crippen LogP contribution in [0.3, 0.4) is 0 Å². The minimum atomic E-state index is -0.191. The van der Waals surface area contributed by atoms with E-state index in [1.54, 1.807) is 37.7 Å². The topological polar surface area (TPSA) is 108 Å². The van der Waals surface area contributed by atoms with Crippen LogP contribution in [0.5, 0.6) is 5.75 Å². The van der Waals surface area contributed by atoms with Gasteiger partial charge in [0.05, 0.1) is 24.6 Å². The van der Waals surface area contributed by atoms with E-state index in [0.29, 0.717) is 48.6 Å². The largest absolute Gasteiger partial charge is 0.491 e. The maximum Gasteiger partial charge on any atom is 0.350 e. The third-order valence-corrected chi connectivity index (χ3v) is 5.63. The fourth-order valence-corrected chi connectivity index (χ4v) is 4.33. The van der Waals surface area contributed by atoms with E-state index in [0.717, 1.165) is 5.56 Å². The second-order valence-electron chi connectivity index (χ2n) is 7.12. The van der Waals surface area contributed by atoms with Crippen LogP contribution in [0.25, 0.3) is 6.08 Å². The highest BCUT2D eigenvalue weighted by atomic mass is 16.5. The van der Waals surface area contributed by atoms with Crippen molar-refractivity contribution in [3.05, 3.63) is 35.8 Å². The third kappa shape index (κ3) is 2.60. The van der Waals surface area contributed by atoms with Crippen LogP contribution < -0.4 is 15.0 Å². The van der Waals surface area contributed by atoms with Crippen molar-refractivity contribution in [2.24, 2.45) is 0 Å². The molecule has 1 atom stereocenters. The lowest BCUT2D eigenvalue weighted by molar-refractivity contribution is -0.128. The van der Waals surface area contributed by atoms with E-state index in [9.17, 15) is 9.59 Å². The molecule has 28 heavy (non-hydrogen) atoms. The highest BCUT2D eigenvalue weighted by Crippen LogP contribution is 2.49. The molecule has 0 radical (unpaired) electrons. The van der Waals surface area contributed by atoms with Crippen molar-refractivity contribution < 1.29 is 14.3 Å². The van der Waals surface area contributed by atoms with Gasteiger partial charge in [0, 0.05) is 44.0 Å². The normalized spacial score (nSPS) is 22.2. The van der Waals surface area contributed by atoms with Crippen LogP contribution >= 0.6 is 0 Å². The SMILES string of the molecule is COc1ccncc1[N+]1(C2CCC(=O)CC2)C(=O)C=Cc2c(C)nc(N)nc21. The van der Waals surface area contributed by atoms with E-state index in [4.69, 9.17) is 10.5 Å². The summed E-state index contributed by atoms with van der Waals surface area (Å²) >= 11 is 0. The van der Waals surface area contributed by atoms with Crippen molar-refractivity contribution in [2.45, 2.75) is 38.6 Å². The van der Waals surface area contributed by atoms with Crippen molar-refractivity contribution in [3.63, 3.8) is 0 Å². The Kier molecular flexibility index (Phi) is 4.43. The number of hydrogen-bond donors (Lipinski definition) is 1. The van der Waals surface area contributed by atoms with E-state index in [2.05, 4.69) is 15.0 Å². The second-order valence-corrected chi connectivity index (χ2v) is 7.12. The molecule has 2 aliphatic rings. The van der Waals surface area contributed by atoms with Gasteiger partial charge in [0.25, 0.3) is 5.82 Å². The van der Waals surface area contributed by atoms with E-state index in [-0.39, 0.29) is 28.2 Å². The molecule has 2 N–H and O–H groups in total. The molecule has 0 spiro atoms. The zero-order valence-corrected chi connectivity index (χ0v) is 15.9. The van der Waals surface area contributed by atoms with Crippen molar-refractivity contribution in [3.8, 4) is 5.75 Å². The lowest BCUT2D eigenvalue weighted by Gasteiger charge is -2.43. The van der Waals surface area contributed by atoms with Gasteiger partial charge in [0.2, 0.25) is 11.6 Å². The number of nitrogens with zero attached hydrogens (tertiary/aromatic N) is 4. The molecule has 1 unspecified atom stereocenters. The van der Waals surface area contributed by atoms with Gasteiger partial charge in [-0.2, -0.15) is 9.47 Å². The number of rotatable bonds is 3. The third-order valence-electron chi connectivity index (χ3n) is 5.63. The second kappa shape index (κ2) is 6.79. The minimum Gasteiger partial charge on any atom is -0.491 e. The minimum absolute atomic E-state index is 0.108. The molecule has 8 heteroatoms. The maximum absolute atomic E-state index is 13.6. The number of anilines is 1. The fraction of sp³-hybridized carbons (Fsp3) is 0.350. The van der Waals surface area contributed by atoms with Crippen molar-refractivity contribution in [2.75, 3.05) is 12.8 Å².